The third-order valence-electron chi connectivity index (χ3n) is 6.20. The molecule has 1 aromatic rings. The molecule has 3 N–H and O–H groups in total. The zero-order valence-electron chi connectivity index (χ0n) is 19.1. The van der Waals surface area contributed by atoms with Crippen molar-refractivity contribution in [1.82, 2.24) is 10.2 Å². The second kappa shape index (κ2) is 11.4. The van der Waals surface area contributed by atoms with Crippen LogP contribution in [0, 0.1) is 5.92 Å². The van der Waals surface area contributed by atoms with Crippen LogP contribution in [0.3, 0.4) is 0 Å². The van der Waals surface area contributed by atoms with Crippen LogP contribution in [0.1, 0.15) is 56.8 Å². The maximum Gasteiger partial charge on any atom is 0.120 e. The Kier molecular flexibility index (Phi) is 8.60. The van der Waals surface area contributed by atoms with E-state index < -0.39 is 0 Å². The molecule has 7 nitrogen and oxygen atoms in total. The van der Waals surface area contributed by atoms with E-state index in [4.69, 9.17) is 19.9 Å². The first-order valence-electron chi connectivity index (χ1n) is 11.4. The quantitative estimate of drug-likeness (QED) is 0.434. The molecule has 0 amide bonds. The van der Waals surface area contributed by atoms with Gasteiger partial charge in [0.2, 0.25) is 0 Å². The number of aldehydes is 1. The molecular weight excluding hydrogens is 394 g/mol. The van der Waals surface area contributed by atoms with Crippen LogP contribution in [0.5, 0.6) is 5.75 Å². The Balaban J connectivity index is 2.00. The molecule has 0 aliphatic carbocycles. The van der Waals surface area contributed by atoms with Crippen molar-refractivity contribution >= 4 is 17.7 Å². The normalized spacial score (nSPS) is 18.6. The van der Waals surface area contributed by atoms with Crippen molar-refractivity contribution in [1.29, 1.82) is 0 Å². The maximum atomic E-state index is 11.0. The number of hydrogen-bond acceptors (Lipinski definition) is 7. The van der Waals surface area contributed by atoms with Gasteiger partial charge in [-0.2, -0.15) is 0 Å². The number of methoxy groups -OCH3 is 1. The lowest BCUT2D eigenvalue weighted by molar-refractivity contribution is -0.108. The SMILES string of the molecule is CCOC(CCC=O)c1cc(OC)cc(C2=C(C)OCCN2CC2CCNCC2)c1N. The van der Waals surface area contributed by atoms with Crippen molar-refractivity contribution in [2.75, 3.05) is 52.2 Å². The number of rotatable bonds is 10. The zero-order chi connectivity index (χ0) is 22.2. The number of ether oxygens (including phenoxy) is 3. The molecule has 3 rings (SSSR count). The molecular formula is C24H37N3O4. The summed E-state index contributed by atoms with van der Waals surface area (Å²) in [4.78, 5) is 13.4. The highest BCUT2D eigenvalue weighted by atomic mass is 16.5. The van der Waals surface area contributed by atoms with Crippen LogP contribution in [0.15, 0.2) is 17.9 Å². The van der Waals surface area contributed by atoms with Crippen LogP contribution in [0.4, 0.5) is 5.69 Å². The lowest BCUT2D eigenvalue weighted by atomic mass is 9.94. The first-order chi connectivity index (χ1) is 15.1. The first-order valence-corrected chi connectivity index (χ1v) is 11.4. The average Bonchev–Trinajstić information content (AvgIpc) is 2.78. The topological polar surface area (TPSA) is 86.1 Å². The molecule has 172 valence electrons. The third kappa shape index (κ3) is 5.71. The van der Waals surface area contributed by atoms with E-state index in [0.29, 0.717) is 37.7 Å². The molecule has 1 unspecified atom stereocenters. The first kappa shape index (κ1) is 23.4. The Labute approximate surface area is 185 Å². The van der Waals surface area contributed by atoms with Gasteiger partial charge in [0, 0.05) is 36.4 Å². The molecule has 0 saturated carbocycles. The molecule has 7 heteroatoms. The smallest absolute Gasteiger partial charge is 0.120 e. The zero-order valence-corrected chi connectivity index (χ0v) is 19.1. The van der Waals surface area contributed by atoms with E-state index in [9.17, 15) is 4.79 Å². The minimum atomic E-state index is -0.257. The molecule has 31 heavy (non-hydrogen) atoms. The number of hydrogen-bond donors (Lipinski definition) is 2. The fourth-order valence-corrected chi connectivity index (χ4v) is 4.61. The number of piperidine rings is 1. The molecule has 1 aromatic carbocycles. The predicted octanol–water partition coefficient (Wildman–Crippen LogP) is 3.35. The van der Waals surface area contributed by atoms with Gasteiger partial charge in [-0.1, -0.05) is 0 Å². The van der Waals surface area contributed by atoms with Gasteiger partial charge in [0.15, 0.2) is 0 Å². The van der Waals surface area contributed by atoms with E-state index >= 15 is 0 Å². The number of carbonyl (C=O) groups is 1. The molecule has 0 spiro atoms. The lowest BCUT2D eigenvalue weighted by Crippen LogP contribution is -2.39. The third-order valence-corrected chi connectivity index (χ3v) is 6.20. The number of anilines is 1. The van der Waals surface area contributed by atoms with Gasteiger partial charge in [-0.3, -0.25) is 0 Å². The summed E-state index contributed by atoms with van der Waals surface area (Å²) in [5.41, 5.74) is 10.2. The summed E-state index contributed by atoms with van der Waals surface area (Å²) in [6.45, 7) is 9.16. The number of nitrogens with one attached hydrogen (secondary N) is 1. The van der Waals surface area contributed by atoms with E-state index in [0.717, 1.165) is 60.8 Å². The summed E-state index contributed by atoms with van der Waals surface area (Å²) in [7, 11) is 1.66. The lowest BCUT2D eigenvalue weighted by Gasteiger charge is -2.37. The van der Waals surface area contributed by atoms with E-state index in [1.54, 1.807) is 7.11 Å². The molecule has 2 aliphatic heterocycles. The molecule has 1 fully saturated rings. The number of nitrogen functional groups attached to an aromatic ring is 1. The van der Waals surface area contributed by atoms with Crippen molar-refractivity contribution in [2.45, 2.75) is 45.6 Å². The van der Waals surface area contributed by atoms with Crippen molar-refractivity contribution in [3.8, 4) is 5.75 Å². The van der Waals surface area contributed by atoms with Gasteiger partial charge in [-0.25, -0.2) is 0 Å². The highest BCUT2D eigenvalue weighted by molar-refractivity contribution is 5.79. The molecule has 0 bridgehead atoms. The predicted molar refractivity (Wildman–Crippen MR) is 123 cm³/mol. The molecule has 1 saturated heterocycles. The number of nitrogens with two attached hydrogens (primary N) is 1. The monoisotopic (exact) mass is 431 g/mol. The van der Waals surface area contributed by atoms with E-state index in [1.807, 2.05) is 26.0 Å². The Morgan fingerprint density at radius 2 is 2.13 bits per heavy atom. The van der Waals surface area contributed by atoms with Gasteiger partial charge in [0.05, 0.1) is 25.5 Å². The maximum absolute atomic E-state index is 11.0. The van der Waals surface area contributed by atoms with E-state index in [1.165, 1.54) is 12.8 Å². The van der Waals surface area contributed by atoms with Crippen LogP contribution >= 0.6 is 0 Å². The Morgan fingerprint density at radius 1 is 1.35 bits per heavy atom. The van der Waals surface area contributed by atoms with Crippen molar-refractivity contribution < 1.29 is 19.0 Å². The van der Waals surface area contributed by atoms with Gasteiger partial charge >= 0.3 is 0 Å². The molecule has 0 aromatic heterocycles. The van der Waals surface area contributed by atoms with Gasteiger partial charge in [-0.05, 0) is 64.3 Å². The van der Waals surface area contributed by atoms with Crippen LogP contribution in [-0.4, -0.2) is 57.7 Å². The van der Waals surface area contributed by atoms with E-state index in [2.05, 4.69) is 10.2 Å². The minimum Gasteiger partial charge on any atom is -0.497 e. The van der Waals surface area contributed by atoms with Crippen molar-refractivity contribution in [3.63, 3.8) is 0 Å². The molecule has 2 heterocycles. The van der Waals surface area contributed by atoms with Gasteiger partial charge in [0.1, 0.15) is 24.4 Å². The van der Waals surface area contributed by atoms with Crippen molar-refractivity contribution in [2.24, 2.45) is 5.92 Å². The summed E-state index contributed by atoms with van der Waals surface area (Å²) in [6.07, 6.45) is 4.03. The summed E-state index contributed by atoms with van der Waals surface area (Å²) < 4.78 is 17.5. The second-order valence-electron chi connectivity index (χ2n) is 8.26. The average molecular weight is 432 g/mol. The van der Waals surface area contributed by atoms with Crippen LogP contribution in [0.2, 0.25) is 0 Å². The van der Waals surface area contributed by atoms with Gasteiger partial charge in [0.25, 0.3) is 0 Å². The standard InChI is InChI=1S/C24H37N3O4/c1-4-30-22(6-5-12-28)20-14-19(29-3)15-21(23(20)25)24-17(2)31-13-11-27(24)16-18-7-9-26-10-8-18/h12,14-15,18,22,26H,4-11,13,16,25H2,1-3H3. The number of benzene rings is 1. The molecule has 1 atom stereocenters. The second-order valence-corrected chi connectivity index (χ2v) is 8.26. The van der Waals surface area contributed by atoms with E-state index in [-0.39, 0.29) is 6.10 Å². The number of carbonyl (C=O) groups excluding carboxylic acids is 1. The molecule has 0 radical (unpaired) electrons. The number of allylic oxidation sites excluding steroid dienone is 1. The summed E-state index contributed by atoms with van der Waals surface area (Å²) in [5.74, 6) is 2.26. The number of nitrogens with zero attached hydrogens (tertiary/aromatic N) is 1. The van der Waals surface area contributed by atoms with Crippen LogP contribution in [0.25, 0.3) is 5.70 Å². The Hall–Kier alpha value is -2.25. The summed E-state index contributed by atoms with van der Waals surface area (Å²) in [6, 6.07) is 3.92. The molecule has 2 aliphatic rings. The highest BCUT2D eigenvalue weighted by Gasteiger charge is 2.28. The summed E-state index contributed by atoms with van der Waals surface area (Å²) >= 11 is 0. The van der Waals surface area contributed by atoms with Crippen molar-refractivity contribution in [3.05, 3.63) is 29.0 Å². The highest BCUT2D eigenvalue weighted by Crippen LogP contribution is 2.40. The van der Waals surface area contributed by atoms with Gasteiger partial charge < -0.3 is 35.0 Å². The minimum absolute atomic E-state index is 0.257. The van der Waals surface area contributed by atoms with Crippen LogP contribution < -0.4 is 15.8 Å². The van der Waals surface area contributed by atoms with Crippen LogP contribution in [-0.2, 0) is 14.3 Å². The fourth-order valence-electron chi connectivity index (χ4n) is 4.61. The van der Waals surface area contributed by atoms with Gasteiger partial charge in [-0.15, -0.1) is 0 Å². The Morgan fingerprint density at radius 3 is 2.81 bits per heavy atom. The summed E-state index contributed by atoms with van der Waals surface area (Å²) in [5, 5.41) is 3.45. The Bertz CT molecular complexity index is 774. The fraction of sp³-hybridized carbons (Fsp3) is 0.625. The largest absolute Gasteiger partial charge is 0.497 e.